The number of nitrogens with one attached hydrogen (secondary N) is 2. The summed E-state index contributed by atoms with van der Waals surface area (Å²) in [7, 11) is 1.65. The monoisotopic (exact) mass is 937 g/mol. The highest BCUT2D eigenvalue weighted by atomic mass is 16.5. The number of piperazine rings is 1. The van der Waals surface area contributed by atoms with Crippen LogP contribution in [-0.2, 0) is 42.6 Å². The number of anilines is 7. The average Bonchev–Trinajstić information content (AvgIpc) is 3.85. The lowest BCUT2D eigenvalue weighted by Crippen LogP contribution is -2.57. The molecule has 3 fully saturated rings. The summed E-state index contributed by atoms with van der Waals surface area (Å²) in [6.07, 6.45) is 10.4. The zero-order valence-corrected chi connectivity index (χ0v) is 40.4. The largest absolute Gasteiger partial charge is 0.392 e. The molecule has 5 aliphatic rings. The number of rotatable bonds is 11. The van der Waals surface area contributed by atoms with E-state index in [-0.39, 0.29) is 34.6 Å². The van der Waals surface area contributed by atoms with Crippen molar-refractivity contribution in [3.8, 4) is 11.3 Å². The second-order valence-corrected chi connectivity index (χ2v) is 20.1. The molecule has 0 unspecified atom stereocenters. The fraction of sp³-hybridized carbons (Fsp3) is 0.462. The van der Waals surface area contributed by atoms with Crippen molar-refractivity contribution in [3.63, 3.8) is 0 Å². The zero-order chi connectivity index (χ0) is 48.1. The van der Waals surface area contributed by atoms with Gasteiger partial charge in [0.05, 0.1) is 42.9 Å². The Morgan fingerprint density at radius 2 is 1.75 bits per heavy atom. The number of nitrogens with zero attached hydrogens (tertiary/aromatic N) is 10. The number of aliphatic hydroxyl groups is 1. The van der Waals surface area contributed by atoms with Gasteiger partial charge >= 0.3 is 0 Å². The quantitative estimate of drug-likeness (QED) is 0.140. The number of hydrogen-bond donors (Lipinski definition) is 3. The molecule has 5 aromatic rings. The molecule has 4 aromatic heterocycles. The molecule has 0 bridgehead atoms. The van der Waals surface area contributed by atoms with Gasteiger partial charge in [-0.3, -0.25) is 24.2 Å². The van der Waals surface area contributed by atoms with Crippen molar-refractivity contribution in [2.75, 3.05) is 89.3 Å². The lowest BCUT2D eigenvalue weighted by molar-refractivity contribution is -0.111. The van der Waals surface area contributed by atoms with Crippen molar-refractivity contribution in [1.82, 2.24) is 29.0 Å². The number of aryl methyl sites for hydroxylation is 1. The summed E-state index contributed by atoms with van der Waals surface area (Å²) < 4.78 is 9.25. The Morgan fingerprint density at radius 3 is 2.52 bits per heavy atom. The van der Waals surface area contributed by atoms with Gasteiger partial charge in [-0.25, -0.2) is 15.0 Å². The SMILES string of the molecule is C=CC(=O)Nc1cc(Nc2nc(-c3ccnc(N4CCn5c(cc6c5CC(C)(C)C6)C4=O)c3CO)cn(C)c2=O)ccc1N1CCN(C2CCN(c3ccnc(N4CCOC[C@@H]4C)c3)CC2)C[C@@H]1C. The number of ether oxygens (including phenoxy) is 1. The Kier molecular flexibility index (Phi) is 12.5. The van der Waals surface area contributed by atoms with Crippen LogP contribution < -0.4 is 35.8 Å². The molecule has 0 radical (unpaired) electrons. The topological polar surface area (TPSA) is 169 Å². The first-order valence-corrected chi connectivity index (χ1v) is 24.4. The maximum absolute atomic E-state index is 14.1. The molecule has 4 aliphatic heterocycles. The van der Waals surface area contributed by atoms with Gasteiger partial charge in [-0.2, -0.15) is 0 Å². The number of carbonyl (C=O) groups is 2. The Bertz CT molecular complexity index is 2850. The molecule has 17 heteroatoms. The number of fused-ring (bicyclic) bond motifs is 3. The van der Waals surface area contributed by atoms with E-state index in [0.29, 0.717) is 64.9 Å². The summed E-state index contributed by atoms with van der Waals surface area (Å²) in [5.41, 5.74) is 7.53. The van der Waals surface area contributed by atoms with Gasteiger partial charge in [0.25, 0.3) is 11.5 Å². The number of benzene rings is 1. The van der Waals surface area contributed by atoms with Gasteiger partial charge in [0.2, 0.25) is 5.91 Å². The number of aromatic nitrogens is 5. The third kappa shape index (κ3) is 8.98. The lowest BCUT2D eigenvalue weighted by atomic mass is 9.90. The van der Waals surface area contributed by atoms with Crippen LogP contribution in [-0.4, -0.2) is 123 Å². The number of aliphatic hydroxyl groups excluding tert-OH is 1. The summed E-state index contributed by atoms with van der Waals surface area (Å²) in [5.74, 6) is 0.933. The van der Waals surface area contributed by atoms with E-state index in [1.165, 1.54) is 27.6 Å². The molecular weight excluding hydrogens is 873 g/mol. The van der Waals surface area contributed by atoms with Crippen molar-refractivity contribution in [2.24, 2.45) is 12.5 Å². The first-order chi connectivity index (χ1) is 33.3. The highest BCUT2D eigenvalue weighted by molar-refractivity contribution is 6.06. The Hall–Kier alpha value is -6.56. The minimum absolute atomic E-state index is 0.0550. The smallest absolute Gasteiger partial charge is 0.293 e. The summed E-state index contributed by atoms with van der Waals surface area (Å²) in [5, 5.41) is 17.1. The fourth-order valence-corrected chi connectivity index (χ4v) is 11.3. The van der Waals surface area contributed by atoms with Crippen LogP contribution in [0, 0.1) is 5.41 Å². The van der Waals surface area contributed by atoms with Gasteiger partial charge in [0.1, 0.15) is 17.3 Å². The second-order valence-electron chi connectivity index (χ2n) is 20.1. The van der Waals surface area contributed by atoms with Gasteiger partial charge in [0.15, 0.2) is 5.82 Å². The van der Waals surface area contributed by atoms with Gasteiger partial charge in [-0.15, -0.1) is 0 Å². The number of amides is 2. The summed E-state index contributed by atoms with van der Waals surface area (Å²) in [6.45, 7) is 20.1. The third-order valence-corrected chi connectivity index (χ3v) is 14.8. The van der Waals surface area contributed by atoms with E-state index in [4.69, 9.17) is 14.7 Å². The summed E-state index contributed by atoms with van der Waals surface area (Å²) >= 11 is 0. The van der Waals surface area contributed by atoms with Crippen LogP contribution in [0.25, 0.3) is 11.3 Å². The Labute approximate surface area is 403 Å². The molecule has 2 amide bonds. The van der Waals surface area contributed by atoms with E-state index >= 15 is 0 Å². The molecular formula is C52H64N12O5. The van der Waals surface area contributed by atoms with E-state index in [1.807, 2.05) is 30.5 Å². The van der Waals surface area contributed by atoms with Crippen LogP contribution in [0.4, 0.5) is 40.2 Å². The highest BCUT2D eigenvalue weighted by Gasteiger charge is 2.38. The normalized spacial score (nSPS) is 20.8. The second kappa shape index (κ2) is 18.7. The molecule has 2 atom stereocenters. The van der Waals surface area contributed by atoms with E-state index in [9.17, 15) is 19.5 Å². The maximum atomic E-state index is 14.1. The van der Waals surface area contributed by atoms with Crippen molar-refractivity contribution in [1.29, 1.82) is 0 Å². The molecule has 1 aliphatic carbocycles. The molecule has 17 nitrogen and oxygen atoms in total. The average molecular weight is 937 g/mol. The third-order valence-electron chi connectivity index (χ3n) is 14.8. The number of hydrogen-bond acceptors (Lipinski definition) is 13. The number of piperidine rings is 1. The van der Waals surface area contributed by atoms with Gasteiger partial charge < -0.3 is 44.3 Å². The van der Waals surface area contributed by atoms with Crippen LogP contribution >= 0.6 is 0 Å². The molecule has 1 aromatic carbocycles. The number of pyridine rings is 2. The number of morpholine rings is 1. The molecule has 69 heavy (non-hydrogen) atoms. The minimum Gasteiger partial charge on any atom is -0.392 e. The van der Waals surface area contributed by atoms with E-state index < -0.39 is 6.61 Å². The molecule has 8 heterocycles. The van der Waals surface area contributed by atoms with Gasteiger partial charge in [-0.1, -0.05) is 20.4 Å². The highest BCUT2D eigenvalue weighted by Crippen LogP contribution is 2.41. The van der Waals surface area contributed by atoms with Crippen LogP contribution in [0.1, 0.15) is 67.8 Å². The fourth-order valence-electron chi connectivity index (χ4n) is 11.3. The first-order valence-electron chi connectivity index (χ1n) is 24.4. The molecule has 3 N–H and O–H groups in total. The summed E-state index contributed by atoms with van der Waals surface area (Å²) in [4.78, 5) is 66.2. The minimum atomic E-state index is -0.399. The van der Waals surface area contributed by atoms with E-state index in [0.717, 1.165) is 89.7 Å². The van der Waals surface area contributed by atoms with Crippen molar-refractivity contribution in [3.05, 3.63) is 107 Å². The molecule has 362 valence electrons. The van der Waals surface area contributed by atoms with Crippen LogP contribution in [0.2, 0.25) is 0 Å². The predicted molar refractivity (Wildman–Crippen MR) is 270 cm³/mol. The molecule has 3 saturated heterocycles. The van der Waals surface area contributed by atoms with Crippen molar-refractivity contribution >= 4 is 52.0 Å². The molecule has 0 spiro atoms. The zero-order valence-electron chi connectivity index (χ0n) is 40.4. The number of carbonyl (C=O) groups excluding carboxylic acids is 2. The van der Waals surface area contributed by atoms with Gasteiger partial charge in [-0.05, 0) is 93.0 Å². The predicted octanol–water partition coefficient (Wildman–Crippen LogP) is 5.59. The Morgan fingerprint density at radius 1 is 0.942 bits per heavy atom. The molecule has 10 rings (SSSR count). The maximum Gasteiger partial charge on any atom is 0.293 e. The molecule has 0 saturated carbocycles. The van der Waals surface area contributed by atoms with Crippen molar-refractivity contribution < 1.29 is 19.4 Å². The van der Waals surface area contributed by atoms with Gasteiger partial charge in [0, 0.05) is 124 Å². The first kappa shape index (κ1) is 46.2. The van der Waals surface area contributed by atoms with E-state index in [1.54, 1.807) is 30.4 Å². The van der Waals surface area contributed by atoms with Crippen LogP contribution in [0.15, 0.2) is 78.5 Å². The summed E-state index contributed by atoms with van der Waals surface area (Å²) in [6, 6.07) is 14.7. The Balaban J connectivity index is 0.838. The van der Waals surface area contributed by atoms with Crippen molar-refractivity contribution in [2.45, 2.75) is 84.7 Å². The van der Waals surface area contributed by atoms with Crippen LogP contribution in [0.3, 0.4) is 0 Å². The lowest BCUT2D eigenvalue weighted by Gasteiger charge is -2.47. The van der Waals surface area contributed by atoms with E-state index in [2.05, 4.69) is 86.2 Å². The standard InChI is InChI=1S/C52H64N12O5/c1-7-47(66)56-41-25-36(8-9-43(41)61-19-18-60(29-33(61)2)37-12-16-59(17-13-37)38-10-14-53-46(26-38)62-22-23-69-32-34(62)3)55-48-51(68)58(6)30-42(57-48)39-11-15-54-49(40(39)31-65)64-21-20-63-44(50(64)67)24-35-27-52(4,5)28-45(35)63/h7-11,14-15,24-26,30,33-34,37,65H,1,12-13,16-23,27-29,31-32H2,2-6H3,(H,55,57)(H,56,66)/t33-,34-/m0/s1. The van der Waals surface area contributed by atoms with Crippen LogP contribution in [0.5, 0.6) is 0 Å².